The third-order valence-corrected chi connectivity index (χ3v) is 2.93. The second kappa shape index (κ2) is 6.08. The van der Waals surface area contributed by atoms with Crippen LogP contribution in [-0.4, -0.2) is 19.8 Å². The van der Waals surface area contributed by atoms with Crippen LogP contribution in [-0.2, 0) is 11.2 Å². The minimum Gasteiger partial charge on any atom is -0.491 e. The smallest absolute Gasteiger partial charge is 0.404 e. The van der Waals surface area contributed by atoms with Gasteiger partial charge in [0.1, 0.15) is 5.69 Å². The summed E-state index contributed by atoms with van der Waals surface area (Å²) in [6, 6.07) is 7.11. The molecule has 2 rings (SSSR count). The van der Waals surface area contributed by atoms with E-state index in [1.807, 2.05) is 12.1 Å². The van der Waals surface area contributed by atoms with Crippen LogP contribution in [0.15, 0.2) is 33.9 Å². The van der Waals surface area contributed by atoms with Crippen molar-refractivity contribution in [2.24, 2.45) is 5.73 Å². The van der Waals surface area contributed by atoms with Crippen LogP contribution in [0.3, 0.4) is 0 Å². The van der Waals surface area contributed by atoms with Crippen LogP contribution in [0.2, 0.25) is 0 Å². The summed E-state index contributed by atoms with van der Waals surface area (Å²) in [5.41, 5.74) is 5.40. The molecule has 0 unspecified atom stereocenters. The molecule has 0 spiro atoms. The van der Waals surface area contributed by atoms with Crippen molar-refractivity contribution in [3.8, 4) is 5.75 Å². The Morgan fingerprint density at radius 2 is 1.86 bits per heavy atom. The van der Waals surface area contributed by atoms with E-state index >= 15 is 0 Å². The average Bonchev–Trinajstić information content (AvgIpc) is 2.47. The summed E-state index contributed by atoms with van der Waals surface area (Å²) in [5, 5.41) is 2.84. The Morgan fingerprint density at radius 3 is 2.43 bits per heavy atom. The number of carbonyl (C=O) groups is 1. The monoisotopic (exact) mass is 290 g/mol. The predicted molar refractivity (Wildman–Crippen MR) is 76.9 cm³/mol. The topological polar surface area (TPSA) is 108 Å². The SMILES string of the molecule is COc1c(Nc2ccc(CCOC(N)=O)cc2)c(=O)c1=O. The van der Waals surface area contributed by atoms with Crippen molar-refractivity contribution < 1.29 is 14.3 Å². The standard InChI is InChI=1S/C14H14N2O5/c1-20-13-10(11(17)12(13)18)16-9-4-2-8(3-5-9)6-7-21-14(15)19/h2-5,16H,6-7H2,1H3,(H2,15,19). The second-order valence-electron chi connectivity index (χ2n) is 4.31. The molecule has 0 bridgehead atoms. The van der Waals surface area contributed by atoms with Gasteiger partial charge in [0, 0.05) is 12.1 Å². The molecule has 3 N–H and O–H groups in total. The summed E-state index contributed by atoms with van der Waals surface area (Å²) in [6.07, 6.45) is -0.271. The van der Waals surface area contributed by atoms with Crippen molar-refractivity contribution in [3.05, 3.63) is 50.3 Å². The third kappa shape index (κ3) is 3.19. The van der Waals surface area contributed by atoms with Gasteiger partial charge in [0.05, 0.1) is 13.7 Å². The van der Waals surface area contributed by atoms with Gasteiger partial charge in [-0.1, -0.05) is 12.1 Å². The molecule has 0 aliphatic heterocycles. The lowest BCUT2D eigenvalue weighted by molar-refractivity contribution is 0.158. The van der Waals surface area contributed by atoms with Crippen LogP contribution in [0.5, 0.6) is 5.75 Å². The van der Waals surface area contributed by atoms with Crippen LogP contribution >= 0.6 is 0 Å². The van der Waals surface area contributed by atoms with Gasteiger partial charge in [-0.25, -0.2) is 4.79 Å². The molecule has 0 saturated heterocycles. The molecule has 0 fully saturated rings. The van der Waals surface area contributed by atoms with Gasteiger partial charge in [-0.2, -0.15) is 0 Å². The number of nitrogens with two attached hydrogens (primary N) is 1. The number of ether oxygens (including phenoxy) is 2. The number of benzene rings is 1. The summed E-state index contributed by atoms with van der Waals surface area (Å²) in [5.74, 6) is 0.0407. The fraction of sp³-hybridized carbons (Fsp3) is 0.214. The Labute approximate surface area is 120 Å². The molecular formula is C14H14N2O5. The Hall–Kier alpha value is -2.83. The number of primary amides is 1. The van der Waals surface area contributed by atoms with E-state index in [9.17, 15) is 14.4 Å². The minimum absolute atomic E-state index is 0.0407. The van der Waals surface area contributed by atoms with Gasteiger partial charge in [-0.15, -0.1) is 0 Å². The van der Waals surface area contributed by atoms with Crippen LogP contribution in [0, 0.1) is 0 Å². The third-order valence-electron chi connectivity index (χ3n) is 2.93. The van der Waals surface area contributed by atoms with Crippen molar-refractivity contribution >= 4 is 17.5 Å². The lowest BCUT2D eigenvalue weighted by atomic mass is 10.1. The summed E-state index contributed by atoms with van der Waals surface area (Å²) < 4.78 is 9.48. The Kier molecular flexibility index (Phi) is 4.22. The summed E-state index contributed by atoms with van der Waals surface area (Å²) >= 11 is 0. The van der Waals surface area contributed by atoms with E-state index in [2.05, 4.69) is 10.1 Å². The predicted octanol–water partition coefficient (Wildman–Crippen LogP) is 0.673. The molecule has 7 heteroatoms. The van der Waals surface area contributed by atoms with Gasteiger partial charge in [0.2, 0.25) is 0 Å². The Balaban J connectivity index is 1.99. The fourth-order valence-corrected chi connectivity index (χ4v) is 1.85. The molecule has 2 aromatic carbocycles. The first kappa shape index (κ1) is 14.6. The lowest BCUT2D eigenvalue weighted by Crippen LogP contribution is -2.34. The number of carbonyl (C=O) groups excluding carboxylic acids is 1. The van der Waals surface area contributed by atoms with E-state index in [0.717, 1.165) is 5.56 Å². The maximum atomic E-state index is 11.4. The highest BCUT2D eigenvalue weighted by Crippen LogP contribution is 2.22. The van der Waals surface area contributed by atoms with Crippen LogP contribution in [0.4, 0.5) is 16.2 Å². The fourth-order valence-electron chi connectivity index (χ4n) is 1.85. The van der Waals surface area contributed by atoms with Crippen LogP contribution in [0.1, 0.15) is 5.56 Å². The number of amides is 1. The summed E-state index contributed by atoms with van der Waals surface area (Å²) in [7, 11) is 1.34. The number of hydrogen-bond acceptors (Lipinski definition) is 6. The van der Waals surface area contributed by atoms with Gasteiger partial charge in [0.15, 0.2) is 5.75 Å². The highest BCUT2D eigenvalue weighted by Gasteiger charge is 2.21. The van der Waals surface area contributed by atoms with Gasteiger partial charge in [-0.3, -0.25) is 9.59 Å². The van der Waals surface area contributed by atoms with Crippen molar-refractivity contribution in [1.29, 1.82) is 0 Å². The molecule has 0 saturated carbocycles. The number of anilines is 2. The van der Waals surface area contributed by atoms with E-state index in [-0.39, 0.29) is 18.0 Å². The average molecular weight is 290 g/mol. The largest absolute Gasteiger partial charge is 0.491 e. The molecule has 21 heavy (non-hydrogen) atoms. The van der Waals surface area contributed by atoms with Crippen molar-refractivity contribution in [3.63, 3.8) is 0 Å². The van der Waals surface area contributed by atoms with E-state index < -0.39 is 17.0 Å². The normalized spacial score (nSPS) is 10.3. The number of nitrogens with one attached hydrogen (secondary N) is 1. The van der Waals surface area contributed by atoms with E-state index in [1.54, 1.807) is 12.1 Å². The first-order chi connectivity index (χ1) is 10.0. The molecule has 0 heterocycles. The lowest BCUT2D eigenvalue weighted by Gasteiger charge is -2.12. The van der Waals surface area contributed by atoms with Gasteiger partial charge in [0.25, 0.3) is 10.9 Å². The highest BCUT2D eigenvalue weighted by atomic mass is 16.5. The molecule has 0 aromatic heterocycles. The molecule has 0 atom stereocenters. The van der Waals surface area contributed by atoms with E-state index in [4.69, 9.17) is 10.5 Å². The minimum atomic E-state index is -0.805. The van der Waals surface area contributed by atoms with Gasteiger partial charge < -0.3 is 20.5 Å². The zero-order valence-electron chi connectivity index (χ0n) is 11.3. The first-order valence-corrected chi connectivity index (χ1v) is 6.18. The number of methoxy groups -OCH3 is 1. The van der Waals surface area contributed by atoms with E-state index in [0.29, 0.717) is 12.1 Å². The van der Waals surface area contributed by atoms with Crippen molar-refractivity contribution in [2.75, 3.05) is 19.0 Å². The molecule has 110 valence electrons. The number of hydrogen-bond donors (Lipinski definition) is 2. The molecule has 0 aliphatic carbocycles. The molecule has 1 amide bonds. The Bertz CT molecular complexity index is 714. The van der Waals surface area contributed by atoms with Gasteiger partial charge >= 0.3 is 6.09 Å². The zero-order valence-corrected chi connectivity index (χ0v) is 11.3. The van der Waals surface area contributed by atoms with Crippen molar-refractivity contribution in [1.82, 2.24) is 0 Å². The van der Waals surface area contributed by atoms with Crippen LogP contribution in [0.25, 0.3) is 0 Å². The molecular weight excluding hydrogens is 276 g/mol. The second-order valence-corrected chi connectivity index (χ2v) is 4.31. The molecule has 0 radical (unpaired) electrons. The van der Waals surface area contributed by atoms with Crippen molar-refractivity contribution in [2.45, 2.75) is 6.42 Å². The maximum Gasteiger partial charge on any atom is 0.404 e. The zero-order chi connectivity index (χ0) is 15.4. The molecule has 2 aromatic rings. The van der Waals surface area contributed by atoms with E-state index in [1.165, 1.54) is 7.11 Å². The van der Waals surface area contributed by atoms with Gasteiger partial charge in [-0.05, 0) is 17.7 Å². The molecule has 0 aliphatic rings. The number of rotatable bonds is 6. The Morgan fingerprint density at radius 1 is 1.19 bits per heavy atom. The highest BCUT2D eigenvalue weighted by molar-refractivity contribution is 5.69. The maximum absolute atomic E-state index is 11.4. The van der Waals surface area contributed by atoms with Crippen LogP contribution < -0.4 is 26.6 Å². The first-order valence-electron chi connectivity index (χ1n) is 6.18. The summed E-state index contributed by atoms with van der Waals surface area (Å²) in [6.45, 7) is 0.202. The molecule has 7 nitrogen and oxygen atoms in total. The quantitative estimate of drug-likeness (QED) is 0.757. The summed E-state index contributed by atoms with van der Waals surface area (Å²) in [4.78, 5) is 33.0.